The number of carbonyl (C=O) groups excluding carboxylic acids is 1. The average Bonchev–Trinajstić information content (AvgIpc) is 2.60. The number of methoxy groups -OCH3 is 1. The smallest absolute Gasteiger partial charge is 0.305 e. The third-order valence-corrected chi connectivity index (χ3v) is 4.62. The lowest BCUT2D eigenvalue weighted by Crippen LogP contribution is -1.98. The minimum absolute atomic E-state index is 0.0973. The SMILES string of the molecule is CCCCCCCCCCCCCCC/C=C\CCCC(=O)OC. The molecule has 0 aliphatic rings. The lowest BCUT2D eigenvalue weighted by atomic mass is 10.0. The van der Waals surface area contributed by atoms with Gasteiger partial charge in [0.1, 0.15) is 0 Å². The molecular formula is C22H42O2. The second kappa shape index (κ2) is 20.3. The number of hydrogen-bond acceptors (Lipinski definition) is 2. The number of allylic oxidation sites excluding steroid dienone is 2. The standard InChI is InChI=1S/C22H42O2/c1-3-4-5-6-7-8-9-10-11-12-13-14-15-16-17-18-19-20-21-22(23)24-2/h17-18H,3-16,19-21H2,1-2H3/b18-17-. The molecule has 0 atom stereocenters. The van der Waals surface area contributed by atoms with Crippen LogP contribution in [0.2, 0.25) is 0 Å². The molecule has 0 saturated carbocycles. The van der Waals surface area contributed by atoms with E-state index in [1.54, 1.807) is 0 Å². The Morgan fingerprint density at radius 1 is 0.667 bits per heavy atom. The highest BCUT2D eigenvalue weighted by Gasteiger charge is 1.97. The van der Waals surface area contributed by atoms with Crippen LogP contribution in [-0.4, -0.2) is 13.1 Å². The Morgan fingerprint density at radius 2 is 1.08 bits per heavy atom. The molecular weight excluding hydrogens is 296 g/mol. The van der Waals surface area contributed by atoms with Crippen LogP contribution < -0.4 is 0 Å². The fourth-order valence-electron chi connectivity index (χ4n) is 2.98. The third-order valence-electron chi connectivity index (χ3n) is 4.62. The fraction of sp³-hybridized carbons (Fsp3) is 0.864. The molecule has 0 aromatic carbocycles. The molecule has 0 saturated heterocycles. The largest absolute Gasteiger partial charge is 0.469 e. The zero-order valence-corrected chi connectivity index (χ0v) is 16.5. The van der Waals surface area contributed by atoms with E-state index in [1.807, 2.05) is 0 Å². The summed E-state index contributed by atoms with van der Waals surface area (Å²) < 4.78 is 4.62. The summed E-state index contributed by atoms with van der Waals surface area (Å²) in [6.07, 6.45) is 26.5. The maximum Gasteiger partial charge on any atom is 0.305 e. The van der Waals surface area contributed by atoms with E-state index in [-0.39, 0.29) is 5.97 Å². The number of carbonyl (C=O) groups is 1. The van der Waals surface area contributed by atoms with E-state index in [9.17, 15) is 4.79 Å². The highest BCUT2D eigenvalue weighted by Crippen LogP contribution is 2.13. The number of ether oxygens (including phenoxy) is 1. The van der Waals surface area contributed by atoms with Gasteiger partial charge in [0.25, 0.3) is 0 Å². The Morgan fingerprint density at radius 3 is 1.54 bits per heavy atom. The van der Waals surface area contributed by atoms with Gasteiger partial charge in [-0.05, 0) is 25.7 Å². The molecule has 2 nitrogen and oxygen atoms in total. The molecule has 0 amide bonds. The summed E-state index contributed by atoms with van der Waals surface area (Å²) in [4.78, 5) is 10.9. The Balaban J connectivity index is 3.08. The fourth-order valence-corrected chi connectivity index (χ4v) is 2.98. The number of hydrogen-bond donors (Lipinski definition) is 0. The highest BCUT2D eigenvalue weighted by molar-refractivity contribution is 5.68. The van der Waals surface area contributed by atoms with Crippen molar-refractivity contribution >= 4 is 5.97 Å². The maximum atomic E-state index is 10.9. The zero-order valence-electron chi connectivity index (χ0n) is 16.5. The molecule has 2 heteroatoms. The summed E-state index contributed by atoms with van der Waals surface area (Å²) in [6.45, 7) is 2.28. The van der Waals surface area contributed by atoms with Gasteiger partial charge in [-0.25, -0.2) is 0 Å². The van der Waals surface area contributed by atoms with Gasteiger partial charge in [-0.3, -0.25) is 4.79 Å². The Bertz CT molecular complexity index is 284. The van der Waals surface area contributed by atoms with Crippen LogP contribution in [0.5, 0.6) is 0 Å². The topological polar surface area (TPSA) is 26.3 Å². The van der Waals surface area contributed by atoms with Crippen LogP contribution in [-0.2, 0) is 9.53 Å². The molecule has 0 unspecified atom stereocenters. The van der Waals surface area contributed by atoms with Gasteiger partial charge in [0.05, 0.1) is 7.11 Å². The lowest BCUT2D eigenvalue weighted by molar-refractivity contribution is -0.140. The molecule has 0 bridgehead atoms. The van der Waals surface area contributed by atoms with Gasteiger partial charge in [-0.2, -0.15) is 0 Å². The van der Waals surface area contributed by atoms with Crippen molar-refractivity contribution in [3.05, 3.63) is 12.2 Å². The van der Waals surface area contributed by atoms with Gasteiger partial charge in [0, 0.05) is 6.42 Å². The Hall–Kier alpha value is -0.790. The molecule has 0 heterocycles. The Kier molecular flexibility index (Phi) is 19.6. The van der Waals surface area contributed by atoms with Crippen LogP contribution in [0.15, 0.2) is 12.2 Å². The van der Waals surface area contributed by atoms with Crippen LogP contribution in [0.25, 0.3) is 0 Å². The molecule has 0 aliphatic heterocycles. The van der Waals surface area contributed by atoms with Gasteiger partial charge in [-0.15, -0.1) is 0 Å². The number of rotatable bonds is 18. The summed E-state index contributed by atoms with van der Waals surface area (Å²) in [7, 11) is 1.45. The molecule has 0 rings (SSSR count). The number of esters is 1. The van der Waals surface area contributed by atoms with Crippen molar-refractivity contribution < 1.29 is 9.53 Å². The first-order valence-electron chi connectivity index (χ1n) is 10.5. The van der Waals surface area contributed by atoms with Gasteiger partial charge < -0.3 is 4.74 Å². The summed E-state index contributed by atoms with van der Waals surface area (Å²) in [5.74, 6) is -0.0973. The quantitative estimate of drug-likeness (QED) is 0.148. The first-order valence-corrected chi connectivity index (χ1v) is 10.5. The van der Waals surface area contributed by atoms with Crippen LogP contribution >= 0.6 is 0 Å². The van der Waals surface area contributed by atoms with E-state index >= 15 is 0 Å². The van der Waals surface area contributed by atoms with E-state index in [1.165, 1.54) is 97.0 Å². The first-order chi connectivity index (χ1) is 11.8. The van der Waals surface area contributed by atoms with Gasteiger partial charge in [-0.1, -0.05) is 96.1 Å². The average molecular weight is 339 g/mol. The first kappa shape index (κ1) is 23.2. The van der Waals surface area contributed by atoms with Crippen LogP contribution in [0.4, 0.5) is 0 Å². The van der Waals surface area contributed by atoms with Crippen molar-refractivity contribution in [1.29, 1.82) is 0 Å². The lowest BCUT2D eigenvalue weighted by Gasteiger charge is -2.02. The van der Waals surface area contributed by atoms with Crippen LogP contribution in [0.3, 0.4) is 0 Å². The van der Waals surface area contributed by atoms with E-state index < -0.39 is 0 Å². The second-order valence-electron chi connectivity index (χ2n) is 6.97. The van der Waals surface area contributed by atoms with Crippen LogP contribution in [0.1, 0.15) is 116 Å². The summed E-state index contributed by atoms with van der Waals surface area (Å²) in [6, 6.07) is 0. The predicted octanol–water partition coefficient (Wildman–Crippen LogP) is 7.37. The van der Waals surface area contributed by atoms with Gasteiger partial charge in [0.15, 0.2) is 0 Å². The van der Waals surface area contributed by atoms with E-state index in [0.717, 1.165) is 12.8 Å². The molecule has 0 aliphatic carbocycles. The third kappa shape index (κ3) is 19.3. The van der Waals surface area contributed by atoms with Gasteiger partial charge >= 0.3 is 5.97 Å². The maximum absolute atomic E-state index is 10.9. The van der Waals surface area contributed by atoms with Crippen molar-refractivity contribution in [2.45, 2.75) is 116 Å². The van der Waals surface area contributed by atoms with E-state index in [2.05, 4.69) is 23.8 Å². The van der Waals surface area contributed by atoms with Crippen molar-refractivity contribution in [2.24, 2.45) is 0 Å². The van der Waals surface area contributed by atoms with Crippen molar-refractivity contribution in [3.63, 3.8) is 0 Å². The minimum Gasteiger partial charge on any atom is -0.469 e. The summed E-state index contributed by atoms with van der Waals surface area (Å²) >= 11 is 0. The number of unbranched alkanes of at least 4 members (excludes halogenated alkanes) is 14. The molecule has 0 aromatic heterocycles. The van der Waals surface area contributed by atoms with Crippen molar-refractivity contribution in [1.82, 2.24) is 0 Å². The van der Waals surface area contributed by atoms with Crippen molar-refractivity contribution in [3.8, 4) is 0 Å². The second-order valence-corrected chi connectivity index (χ2v) is 6.97. The van der Waals surface area contributed by atoms with E-state index in [0.29, 0.717) is 6.42 Å². The van der Waals surface area contributed by atoms with Crippen molar-refractivity contribution in [2.75, 3.05) is 7.11 Å². The van der Waals surface area contributed by atoms with Gasteiger partial charge in [0.2, 0.25) is 0 Å². The summed E-state index contributed by atoms with van der Waals surface area (Å²) in [5, 5.41) is 0. The molecule has 0 fully saturated rings. The molecule has 142 valence electrons. The van der Waals surface area contributed by atoms with E-state index in [4.69, 9.17) is 0 Å². The Labute approximate surface area is 151 Å². The summed E-state index contributed by atoms with van der Waals surface area (Å²) in [5.41, 5.74) is 0. The molecule has 0 N–H and O–H groups in total. The minimum atomic E-state index is -0.0973. The van der Waals surface area contributed by atoms with Crippen LogP contribution in [0, 0.1) is 0 Å². The molecule has 0 radical (unpaired) electrons. The zero-order chi connectivity index (χ0) is 17.7. The predicted molar refractivity (Wildman–Crippen MR) is 105 cm³/mol. The monoisotopic (exact) mass is 338 g/mol. The molecule has 24 heavy (non-hydrogen) atoms. The molecule has 0 spiro atoms. The normalized spacial score (nSPS) is 11.2. The molecule has 0 aromatic rings. The highest BCUT2D eigenvalue weighted by atomic mass is 16.5.